The quantitative estimate of drug-likeness (QED) is 0.286. The van der Waals surface area contributed by atoms with E-state index in [0.29, 0.717) is 26.9 Å². The monoisotopic (exact) mass is 438 g/mol. The molecule has 0 N–H and O–H groups in total. The molecular formula is C25H14N2O4S. The third kappa shape index (κ3) is 2.94. The number of hydrogen-bond donors (Lipinski definition) is 0. The van der Waals surface area contributed by atoms with Crippen molar-refractivity contribution in [2.45, 2.75) is 6.61 Å². The van der Waals surface area contributed by atoms with Crippen LogP contribution in [0.25, 0.3) is 42.5 Å². The normalized spacial score (nSPS) is 11.5. The molecule has 0 radical (unpaired) electrons. The van der Waals surface area contributed by atoms with Gasteiger partial charge in [-0.3, -0.25) is 4.79 Å². The number of nitrogens with zero attached hydrogens (tertiary/aromatic N) is 2. The van der Waals surface area contributed by atoms with E-state index in [9.17, 15) is 9.59 Å². The fraction of sp³-hybridized carbons (Fsp3) is 0.0400. The fourth-order valence-corrected chi connectivity index (χ4v) is 4.89. The van der Waals surface area contributed by atoms with Gasteiger partial charge in [0.25, 0.3) is 0 Å². The Morgan fingerprint density at radius 1 is 0.781 bits per heavy atom. The molecule has 0 fully saturated rings. The third-order valence-electron chi connectivity index (χ3n) is 5.28. The van der Waals surface area contributed by atoms with Crippen molar-refractivity contribution < 1.29 is 9.15 Å². The van der Waals surface area contributed by atoms with Gasteiger partial charge in [0.05, 0.1) is 26.8 Å². The largest absolute Gasteiger partial charge is 0.478 e. The topological polar surface area (TPSA) is 82.3 Å². The highest BCUT2D eigenvalue weighted by Crippen LogP contribution is 2.40. The Labute approximate surface area is 184 Å². The summed E-state index contributed by atoms with van der Waals surface area (Å²) in [6.45, 7) is -0.150. The molecule has 0 spiro atoms. The molecule has 1 aliphatic heterocycles. The molecule has 7 heteroatoms. The van der Waals surface area contributed by atoms with Crippen molar-refractivity contribution in [3.05, 3.63) is 99.3 Å². The number of benzene rings is 4. The first-order valence-electron chi connectivity index (χ1n) is 9.95. The molecule has 2 heterocycles. The molecule has 32 heavy (non-hydrogen) atoms. The first-order valence-corrected chi connectivity index (χ1v) is 10.8. The highest BCUT2D eigenvalue weighted by Gasteiger charge is 2.22. The van der Waals surface area contributed by atoms with Crippen LogP contribution in [0.5, 0.6) is 5.75 Å². The summed E-state index contributed by atoms with van der Waals surface area (Å²) in [6.07, 6.45) is 0. The molecule has 0 atom stereocenters. The predicted octanol–water partition coefficient (Wildman–Crippen LogP) is 4.99. The van der Waals surface area contributed by atoms with Gasteiger partial charge in [-0.1, -0.05) is 48.5 Å². The summed E-state index contributed by atoms with van der Waals surface area (Å²) in [5, 5.41) is 1.70. The number of hydrogen-bond acceptors (Lipinski definition) is 7. The van der Waals surface area contributed by atoms with Gasteiger partial charge >= 0.3 is 5.63 Å². The van der Waals surface area contributed by atoms with E-state index >= 15 is 0 Å². The zero-order valence-electron chi connectivity index (χ0n) is 16.6. The molecule has 1 aliphatic carbocycles. The highest BCUT2D eigenvalue weighted by molar-refractivity contribution is 7.21. The molecule has 0 saturated carbocycles. The Hall–Kier alpha value is -4.10. The zero-order valence-corrected chi connectivity index (χ0v) is 17.4. The second kappa shape index (κ2) is 7.25. The molecule has 0 saturated heterocycles. The van der Waals surface area contributed by atoms with Crippen LogP contribution < -0.4 is 15.8 Å². The van der Waals surface area contributed by atoms with Gasteiger partial charge in [0.1, 0.15) is 4.88 Å². The van der Waals surface area contributed by atoms with Crippen LogP contribution in [0.15, 0.2) is 86.8 Å². The lowest BCUT2D eigenvalue weighted by atomic mass is 10.0. The van der Waals surface area contributed by atoms with Crippen molar-refractivity contribution in [2.24, 2.45) is 0 Å². The SMILES string of the molecule is O=c1oc(COc2c3sc4ccccc4nc-3c3ccccc3c2=O)nc2ccccc12. The summed E-state index contributed by atoms with van der Waals surface area (Å²) >= 11 is 1.45. The number of aromatic nitrogens is 2. The Kier molecular flexibility index (Phi) is 4.22. The van der Waals surface area contributed by atoms with Crippen molar-refractivity contribution in [2.75, 3.05) is 0 Å². The summed E-state index contributed by atoms with van der Waals surface area (Å²) in [5.74, 6) is 0.285. The number of fused-ring (bicyclic) bond motifs is 5. The van der Waals surface area contributed by atoms with Gasteiger partial charge in [-0.15, -0.1) is 11.3 Å². The van der Waals surface area contributed by atoms with Gasteiger partial charge in [0.2, 0.25) is 11.3 Å². The molecule has 6 rings (SSSR count). The molecule has 6 nitrogen and oxygen atoms in total. The predicted molar refractivity (Wildman–Crippen MR) is 125 cm³/mol. The molecule has 1 aromatic heterocycles. The van der Waals surface area contributed by atoms with Crippen LogP contribution in [0.3, 0.4) is 0 Å². The van der Waals surface area contributed by atoms with E-state index in [4.69, 9.17) is 14.1 Å². The minimum Gasteiger partial charge on any atom is -0.478 e. The molecule has 0 bridgehead atoms. The smallest absolute Gasteiger partial charge is 0.346 e. The van der Waals surface area contributed by atoms with Gasteiger partial charge in [-0.25, -0.2) is 14.8 Å². The summed E-state index contributed by atoms with van der Waals surface area (Å²) in [4.78, 5) is 35.4. The van der Waals surface area contributed by atoms with Crippen molar-refractivity contribution in [1.82, 2.24) is 9.97 Å². The van der Waals surface area contributed by atoms with Crippen molar-refractivity contribution >= 4 is 43.2 Å². The van der Waals surface area contributed by atoms with Gasteiger partial charge in [-0.05, 0) is 24.3 Å². The van der Waals surface area contributed by atoms with Gasteiger partial charge < -0.3 is 9.15 Å². The minimum atomic E-state index is -0.490. The zero-order chi connectivity index (χ0) is 21.7. The molecule has 154 valence electrons. The molecular weight excluding hydrogens is 424 g/mol. The summed E-state index contributed by atoms with van der Waals surface area (Å²) < 4.78 is 12.2. The maximum atomic E-state index is 13.3. The highest BCUT2D eigenvalue weighted by atomic mass is 32.1. The Morgan fingerprint density at radius 3 is 2.31 bits per heavy atom. The van der Waals surface area contributed by atoms with E-state index in [-0.39, 0.29) is 23.7 Å². The average molecular weight is 438 g/mol. The maximum absolute atomic E-state index is 13.3. The number of rotatable bonds is 3. The Morgan fingerprint density at radius 2 is 1.47 bits per heavy atom. The summed E-state index contributed by atoms with van der Waals surface area (Å²) in [6, 6.07) is 22.1. The molecule has 0 unspecified atom stereocenters. The Balaban J connectivity index is 1.54. The molecule has 2 aliphatic rings. The fourth-order valence-electron chi connectivity index (χ4n) is 3.80. The molecule has 0 amide bonds. The van der Waals surface area contributed by atoms with E-state index in [0.717, 1.165) is 15.6 Å². The van der Waals surface area contributed by atoms with Crippen LogP contribution in [0, 0.1) is 0 Å². The second-order valence-corrected chi connectivity index (χ2v) is 8.32. The second-order valence-electron chi connectivity index (χ2n) is 7.26. The van der Waals surface area contributed by atoms with Crippen molar-refractivity contribution in [1.29, 1.82) is 0 Å². The van der Waals surface area contributed by atoms with E-state index in [1.54, 1.807) is 30.3 Å². The van der Waals surface area contributed by atoms with E-state index in [1.165, 1.54) is 11.3 Å². The van der Waals surface area contributed by atoms with Crippen LogP contribution in [0.2, 0.25) is 0 Å². The number of ether oxygens (including phenoxy) is 1. The van der Waals surface area contributed by atoms with Gasteiger partial charge in [-0.2, -0.15) is 0 Å². The standard InChI is InChI=1S/C25H14N2O4S/c28-22-15-8-2-1-7-14(15)21-24(32-19-12-6-5-11-18(19)27-21)23(22)30-13-20-26-17-10-4-3-9-16(17)25(29)31-20/h1-12H,13H2. The lowest BCUT2D eigenvalue weighted by Gasteiger charge is -2.14. The van der Waals surface area contributed by atoms with Gasteiger partial charge in [0, 0.05) is 10.8 Å². The van der Waals surface area contributed by atoms with Crippen molar-refractivity contribution in [3.63, 3.8) is 0 Å². The van der Waals surface area contributed by atoms with Crippen molar-refractivity contribution in [3.8, 4) is 16.3 Å². The first-order chi connectivity index (χ1) is 15.7. The summed E-state index contributed by atoms with van der Waals surface area (Å²) in [7, 11) is 0. The maximum Gasteiger partial charge on any atom is 0.346 e. The lowest BCUT2D eigenvalue weighted by Crippen LogP contribution is -2.13. The van der Waals surface area contributed by atoms with Crippen LogP contribution in [0.4, 0.5) is 0 Å². The van der Waals surface area contributed by atoms with Crippen LogP contribution in [-0.2, 0) is 6.61 Å². The van der Waals surface area contributed by atoms with E-state index in [1.807, 2.05) is 42.5 Å². The van der Waals surface area contributed by atoms with Crippen LogP contribution in [0.1, 0.15) is 5.89 Å². The molecule has 3 aromatic carbocycles. The minimum absolute atomic E-state index is 0.105. The first kappa shape index (κ1) is 18.7. The van der Waals surface area contributed by atoms with Crippen LogP contribution >= 0.6 is 11.3 Å². The Bertz CT molecular complexity index is 1740. The summed E-state index contributed by atoms with van der Waals surface area (Å²) in [5.41, 5.74) is 1.34. The van der Waals surface area contributed by atoms with Gasteiger partial charge in [0.15, 0.2) is 12.4 Å². The lowest BCUT2D eigenvalue weighted by molar-refractivity contribution is 0.253. The van der Waals surface area contributed by atoms with E-state index in [2.05, 4.69) is 4.98 Å². The van der Waals surface area contributed by atoms with E-state index < -0.39 is 5.63 Å². The third-order valence-corrected chi connectivity index (χ3v) is 6.43. The van der Waals surface area contributed by atoms with Crippen LogP contribution in [-0.4, -0.2) is 9.97 Å². The number of para-hydroxylation sites is 2. The molecule has 4 aromatic rings. The average Bonchev–Trinajstić information content (AvgIpc) is 2.83.